The van der Waals surface area contributed by atoms with Gasteiger partial charge in [-0.2, -0.15) is 9.97 Å². The first-order valence-electron chi connectivity index (χ1n) is 9.66. The Morgan fingerprint density at radius 2 is 1.82 bits per heavy atom. The maximum absolute atomic E-state index is 12.8. The number of nitrogens with two attached hydrogens (primary N) is 1. The van der Waals surface area contributed by atoms with Crippen LogP contribution in [0.1, 0.15) is 24.2 Å². The van der Waals surface area contributed by atoms with E-state index in [1.165, 1.54) is 31.4 Å². The number of carboxylic acids is 1. The average molecular weight is 492 g/mol. The molecule has 0 aliphatic carbocycles. The lowest BCUT2D eigenvalue weighted by atomic mass is 10.2. The summed E-state index contributed by atoms with van der Waals surface area (Å²) in [5, 5.41) is 14.4. The van der Waals surface area contributed by atoms with Crippen LogP contribution in [0.4, 0.5) is 29.0 Å². The Morgan fingerprint density at radius 1 is 1.12 bits per heavy atom. The van der Waals surface area contributed by atoms with Crippen LogP contribution in [0.3, 0.4) is 0 Å². The van der Waals surface area contributed by atoms with Crippen LogP contribution in [0.25, 0.3) is 0 Å². The summed E-state index contributed by atoms with van der Waals surface area (Å²) in [6.07, 6.45) is 0. The van der Waals surface area contributed by atoms with Gasteiger partial charge >= 0.3 is 5.97 Å². The number of anilines is 5. The number of benzene rings is 2. The van der Waals surface area contributed by atoms with E-state index in [9.17, 15) is 13.2 Å². The first kappa shape index (κ1) is 24.1. The van der Waals surface area contributed by atoms with E-state index in [-0.39, 0.29) is 44.5 Å². The largest absolute Gasteiger partial charge is 0.495 e. The van der Waals surface area contributed by atoms with Crippen LogP contribution >= 0.6 is 11.6 Å². The van der Waals surface area contributed by atoms with Crippen molar-refractivity contribution in [2.45, 2.75) is 24.0 Å². The highest BCUT2D eigenvalue weighted by Gasteiger charge is 2.23. The Kier molecular flexibility index (Phi) is 6.94. The third kappa shape index (κ3) is 5.10. The summed E-state index contributed by atoms with van der Waals surface area (Å²) in [4.78, 5) is 19.7. The molecule has 2 aromatic carbocycles. The van der Waals surface area contributed by atoms with E-state index in [1.807, 2.05) is 0 Å². The van der Waals surface area contributed by atoms with Gasteiger partial charge in [0.25, 0.3) is 0 Å². The summed E-state index contributed by atoms with van der Waals surface area (Å²) in [6, 6.07) is 10.6. The highest BCUT2D eigenvalue weighted by molar-refractivity contribution is 7.92. The predicted octanol–water partition coefficient (Wildman–Crippen LogP) is 4.09. The number of ether oxygens (including phenoxy) is 1. The van der Waals surface area contributed by atoms with Gasteiger partial charge in [-0.05, 0) is 44.2 Å². The molecule has 1 aromatic heterocycles. The van der Waals surface area contributed by atoms with Crippen molar-refractivity contribution in [2.24, 2.45) is 0 Å². The fraction of sp³-hybridized carbons (Fsp3) is 0.190. The van der Waals surface area contributed by atoms with Crippen LogP contribution in [-0.4, -0.2) is 41.8 Å². The van der Waals surface area contributed by atoms with E-state index in [4.69, 9.17) is 27.2 Å². The number of aromatic carboxylic acids is 1. The number of rotatable bonds is 8. The minimum Gasteiger partial charge on any atom is -0.495 e. The molecule has 10 nitrogen and oxygen atoms in total. The summed E-state index contributed by atoms with van der Waals surface area (Å²) in [5.74, 6) is -0.797. The second-order valence-electron chi connectivity index (χ2n) is 7.16. The second-order valence-corrected chi connectivity index (χ2v) is 10.0. The number of carbonyl (C=O) groups is 1. The quantitative estimate of drug-likeness (QED) is 0.361. The molecule has 0 spiro atoms. The van der Waals surface area contributed by atoms with Gasteiger partial charge < -0.3 is 26.2 Å². The SMILES string of the molecule is COc1cc(C(=O)O)ccc1Nc1nc(N)c(Cl)c(Nc2ccccc2S(=O)(=O)C(C)C)n1. The molecule has 1 heterocycles. The van der Waals surface area contributed by atoms with Crippen LogP contribution in [0.15, 0.2) is 47.4 Å². The zero-order valence-corrected chi connectivity index (χ0v) is 19.5. The fourth-order valence-corrected chi connectivity index (χ4v) is 4.18. The number of halogens is 1. The molecule has 0 saturated heterocycles. The number of para-hydroxylation sites is 1. The van der Waals surface area contributed by atoms with Gasteiger partial charge in [-0.1, -0.05) is 23.7 Å². The Labute approximate surface area is 195 Å². The number of sulfone groups is 1. The monoisotopic (exact) mass is 491 g/mol. The topological polar surface area (TPSA) is 157 Å². The molecule has 0 bridgehead atoms. The van der Waals surface area contributed by atoms with Crippen molar-refractivity contribution in [1.29, 1.82) is 0 Å². The van der Waals surface area contributed by atoms with Crippen molar-refractivity contribution in [1.82, 2.24) is 9.97 Å². The van der Waals surface area contributed by atoms with Gasteiger partial charge in [0.1, 0.15) is 16.6 Å². The molecule has 12 heteroatoms. The number of nitrogen functional groups attached to an aromatic ring is 1. The van der Waals surface area contributed by atoms with Crippen LogP contribution in [0.2, 0.25) is 5.02 Å². The highest BCUT2D eigenvalue weighted by Crippen LogP contribution is 2.34. The molecule has 0 saturated carbocycles. The van der Waals surface area contributed by atoms with E-state index < -0.39 is 21.1 Å². The molecule has 0 fully saturated rings. The first-order valence-corrected chi connectivity index (χ1v) is 11.6. The third-order valence-corrected chi connectivity index (χ3v) is 7.22. The van der Waals surface area contributed by atoms with E-state index in [0.717, 1.165) is 0 Å². The van der Waals surface area contributed by atoms with Gasteiger partial charge in [-0.15, -0.1) is 0 Å². The smallest absolute Gasteiger partial charge is 0.335 e. The molecule has 3 aromatic rings. The Balaban J connectivity index is 2.00. The van der Waals surface area contributed by atoms with Crippen molar-refractivity contribution in [3.05, 3.63) is 53.1 Å². The van der Waals surface area contributed by atoms with E-state index in [0.29, 0.717) is 5.69 Å². The molecule has 0 atom stereocenters. The lowest BCUT2D eigenvalue weighted by molar-refractivity contribution is 0.0696. The Bertz CT molecular complexity index is 1310. The molecule has 0 amide bonds. The molecule has 174 valence electrons. The van der Waals surface area contributed by atoms with Gasteiger partial charge in [0.2, 0.25) is 5.95 Å². The molecular formula is C21H22ClN5O5S. The maximum Gasteiger partial charge on any atom is 0.335 e. The Morgan fingerprint density at radius 3 is 2.45 bits per heavy atom. The van der Waals surface area contributed by atoms with E-state index >= 15 is 0 Å². The number of nitrogens with zero attached hydrogens (tertiary/aromatic N) is 2. The van der Waals surface area contributed by atoms with Crippen LogP contribution < -0.4 is 21.1 Å². The molecular weight excluding hydrogens is 470 g/mol. The van der Waals surface area contributed by atoms with Crippen LogP contribution in [0, 0.1) is 0 Å². The minimum absolute atomic E-state index is 0.00508. The van der Waals surface area contributed by atoms with Gasteiger partial charge in [0.15, 0.2) is 15.7 Å². The molecule has 0 radical (unpaired) electrons. The van der Waals surface area contributed by atoms with Gasteiger partial charge in [0, 0.05) is 0 Å². The lowest BCUT2D eigenvalue weighted by Gasteiger charge is -2.16. The molecule has 0 unspecified atom stereocenters. The second kappa shape index (κ2) is 9.51. The van der Waals surface area contributed by atoms with E-state index in [1.54, 1.807) is 32.0 Å². The first-order chi connectivity index (χ1) is 15.5. The number of hydrogen-bond donors (Lipinski definition) is 4. The molecule has 0 aliphatic rings. The van der Waals surface area contributed by atoms with Crippen molar-refractivity contribution in [2.75, 3.05) is 23.5 Å². The van der Waals surface area contributed by atoms with Gasteiger partial charge in [-0.3, -0.25) is 0 Å². The van der Waals surface area contributed by atoms with Gasteiger partial charge in [0.05, 0.1) is 34.2 Å². The van der Waals surface area contributed by atoms with E-state index in [2.05, 4.69) is 20.6 Å². The molecule has 33 heavy (non-hydrogen) atoms. The third-order valence-electron chi connectivity index (χ3n) is 4.64. The summed E-state index contributed by atoms with van der Waals surface area (Å²) < 4.78 is 30.7. The maximum atomic E-state index is 12.8. The number of carboxylic acid groups (broad SMARTS) is 1. The fourth-order valence-electron chi connectivity index (χ4n) is 2.85. The average Bonchev–Trinajstić information content (AvgIpc) is 2.77. The van der Waals surface area contributed by atoms with Gasteiger partial charge in [-0.25, -0.2) is 13.2 Å². The molecule has 0 aliphatic heterocycles. The minimum atomic E-state index is -3.59. The van der Waals surface area contributed by atoms with Crippen molar-refractivity contribution in [3.8, 4) is 5.75 Å². The highest BCUT2D eigenvalue weighted by atomic mass is 35.5. The zero-order chi connectivity index (χ0) is 24.3. The number of methoxy groups -OCH3 is 1. The van der Waals surface area contributed by atoms with Crippen LogP contribution in [0.5, 0.6) is 5.75 Å². The van der Waals surface area contributed by atoms with Crippen LogP contribution in [-0.2, 0) is 9.84 Å². The zero-order valence-electron chi connectivity index (χ0n) is 18.0. The summed E-state index contributed by atoms with van der Waals surface area (Å²) in [5.41, 5.74) is 6.65. The lowest BCUT2D eigenvalue weighted by Crippen LogP contribution is -2.16. The van der Waals surface area contributed by atoms with Crippen molar-refractivity contribution < 1.29 is 23.1 Å². The Hall–Kier alpha value is -3.57. The normalized spacial score (nSPS) is 11.3. The standard InChI is InChI=1S/C21H22ClN5O5S/c1-11(2)33(30,31)16-7-5-4-6-14(16)24-19-17(22)18(23)26-21(27-19)25-13-9-8-12(20(28)29)10-15(13)32-3/h4-11H,1-3H3,(H,28,29)(H4,23,24,25,26,27). The number of aromatic nitrogens is 2. The summed E-state index contributed by atoms with van der Waals surface area (Å²) in [6.45, 7) is 3.18. The van der Waals surface area contributed by atoms with Crippen molar-refractivity contribution >= 4 is 56.4 Å². The number of nitrogens with one attached hydrogen (secondary N) is 2. The summed E-state index contributed by atoms with van der Waals surface area (Å²) in [7, 11) is -2.20. The predicted molar refractivity (Wildman–Crippen MR) is 127 cm³/mol. The number of hydrogen-bond acceptors (Lipinski definition) is 9. The van der Waals surface area contributed by atoms with Crippen molar-refractivity contribution in [3.63, 3.8) is 0 Å². The molecule has 3 rings (SSSR count). The summed E-state index contributed by atoms with van der Waals surface area (Å²) >= 11 is 6.28. The molecule has 5 N–H and O–H groups in total.